The lowest BCUT2D eigenvalue weighted by molar-refractivity contribution is -0.139. The minimum absolute atomic E-state index is 0.156. The van der Waals surface area contributed by atoms with Gasteiger partial charge in [-0.25, -0.2) is 19.6 Å². The van der Waals surface area contributed by atoms with E-state index in [0.717, 1.165) is 46.3 Å². The van der Waals surface area contributed by atoms with E-state index in [0.29, 0.717) is 43.9 Å². The molecule has 0 aliphatic carbocycles. The maximum atomic E-state index is 13.4. The smallest absolute Gasteiger partial charge is 0.407 e. The van der Waals surface area contributed by atoms with Gasteiger partial charge in [-0.15, -0.1) is 0 Å². The molecule has 4 atom stereocenters. The van der Waals surface area contributed by atoms with Crippen LogP contribution in [0.4, 0.5) is 15.3 Å². The lowest BCUT2D eigenvalue weighted by Crippen LogP contribution is -2.54. The monoisotopic (exact) mass is 752 g/mol. The highest BCUT2D eigenvalue weighted by molar-refractivity contribution is 5.99. The number of nitrogens with zero attached hydrogens (tertiary/aromatic N) is 4. The van der Waals surface area contributed by atoms with Crippen LogP contribution in [0.5, 0.6) is 0 Å². The van der Waals surface area contributed by atoms with Crippen molar-refractivity contribution >= 4 is 46.5 Å². The standard InChI is InChI=1S/C40H48N8O7/c1-6-28(45-39(52)54-4)37(50)47-19-7-9-32(47)35-41-22-31(44-35)26-14-18-30-25(21-26)13-17-29(43-30)24-11-15-27(16-12-24)42-36(49)33-10-8-20-48(33)38(51)34(23(2)3)46-40(53)55-5/h11-18,21-23,28,32-34H,6-10,19-20H2,1-5H3,(H,41,44)(H,42,49)(H,45,52)(H,46,53). The highest BCUT2D eigenvalue weighted by Gasteiger charge is 2.39. The van der Waals surface area contributed by atoms with E-state index in [4.69, 9.17) is 14.5 Å². The molecule has 0 bridgehead atoms. The summed E-state index contributed by atoms with van der Waals surface area (Å²) in [6, 6.07) is 15.0. The van der Waals surface area contributed by atoms with E-state index < -0.39 is 30.3 Å². The normalized spacial score (nSPS) is 17.9. The number of amides is 5. The van der Waals surface area contributed by atoms with Crippen molar-refractivity contribution in [3.63, 3.8) is 0 Å². The van der Waals surface area contributed by atoms with E-state index in [1.807, 2.05) is 75.4 Å². The van der Waals surface area contributed by atoms with Crippen LogP contribution in [0.2, 0.25) is 0 Å². The zero-order chi connectivity index (χ0) is 39.2. The number of nitrogens with one attached hydrogen (secondary N) is 4. The molecule has 2 saturated heterocycles. The second kappa shape index (κ2) is 17.0. The predicted molar refractivity (Wildman–Crippen MR) is 206 cm³/mol. The molecule has 4 unspecified atom stereocenters. The van der Waals surface area contributed by atoms with Crippen LogP contribution in [-0.4, -0.2) is 100 Å². The van der Waals surface area contributed by atoms with Gasteiger partial charge in [0.25, 0.3) is 0 Å². The van der Waals surface area contributed by atoms with E-state index in [-0.39, 0.29) is 29.7 Å². The number of rotatable bonds is 11. The lowest BCUT2D eigenvalue weighted by atomic mass is 10.0. The van der Waals surface area contributed by atoms with Gasteiger partial charge in [0, 0.05) is 35.3 Å². The van der Waals surface area contributed by atoms with E-state index in [1.54, 1.807) is 16.0 Å². The number of anilines is 1. The molecule has 55 heavy (non-hydrogen) atoms. The quantitative estimate of drug-likeness (QED) is 0.156. The molecule has 290 valence electrons. The summed E-state index contributed by atoms with van der Waals surface area (Å²) < 4.78 is 9.40. The van der Waals surface area contributed by atoms with Gasteiger partial charge in [0.1, 0.15) is 23.9 Å². The van der Waals surface area contributed by atoms with Gasteiger partial charge in [0.05, 0.1) is 43.4 Å². The maximum Gasteiger partial charge on any atom is 0.407 e. The van der Waals surface area contributed by atoms with Crippen molar-refractivity contribution in [3.05, 3.63) is 66.6 Å². The number of aromatic amines is 1. The molecule has 2 aliphatic rings. The molecule has 4 heterocycles. The van der Waals surface area contributed by atoms with Crippen molar-refractivity contribution in [1.29, 1.82) is 0 Å². The number of H-pyrrole nitrogens is 1. The number of alkyl carbamates (subject to hydrolysis) is 2. The molecular formula is C40H48N8O7. The molecule has 0 spiro atoms. The van der Waals surface area contributed by atoms with Crippen molar-refractivity contribution in [2.24, 2.45) is 5.92 Å². The first-order chi connectivity index (χ1) is 26.5. The molecule has 2 aromatic carbocycles. The van der Waals surface area contributed by atoms with Crippen LogP contribution < -0.4 is 16.0 Å². The van der Waals surface area contributed by atoms with Gasteiger partial charge in [-0.3, -0.25) is 14.4 Å². The number of hydrogen-bond donors (Lipinski definition) is 4. The number of methoxy groups -OCH3 is 2. The molecule has 5 amide bonds. The summed E-state index contributed by atoms with van der Waals surface area (Å²) in [5.41, 5.74) is 4.79. The van der Waals surface area contributed by atoms with Gasteiger partial charge in [-0.2, -0.15) is 0 Å². The molecule has 2 fully saturated rings. The first-order valence-electron chi connectivity index (χ1n) is 18.7. The van der Waals surface area contributed by atoms with Crippen molar-refractivity contribution in [1.82, 2.24) is 35.4 Å². The Balaban J connectivity index is 1.10. The zero-order valence-electron chi connectivity index (χ0n) is 31.8. The van der Waals surface area contributed by atoms with Gasteiger partial charge < -0.3 is 40.2 Å². The average molecular weight is 753 g/mol. The third-order valence-electron chi connectivity index (χ3n) is 10.3. The number of fused-ring (bicyclic) bond motifs is 1. The number of imidazole rings is 1. The maximum absolute atomic E-state index is 13.4. The summed E-state index contributed by atoms with van der Waals surface area (Å²) >= 11 is 0. The van der Waals surface area contributed by atoms with Gasteiger partial charge in [-0.1, -0.05) is 45.0 Å². The number of hydrogen-bond acceptors (Lipinski definition) is 9. The van der Waals surface area contributed by atoms with Crippen LogP contribution in [-0.2, 0) is 23.9 Å². The van der Waals surface area contributed by atoms with E-state index in [2.05, 4.69) is 25.9 Å². The van der Waals surface area contributed by atoms with Crippen molar-refractivity contribution in [2.75, 3.05) is 32.6 Å². The fraction of sp³-hybridized carbons (Fsp3) is 0.425. The Kier molecular flexibility index (Phi) is 12.0. The minimum Gasteiger partial charge on any atom is -0.453 e. The van der Waals surface area contributed by atoms with Gasteiger partial charge in [0.2, 0.25) is 17.7 Å². The number of ether oxygens (including phenoxy) is 2. The van der Waals surface area contributed by atoms with Crippen LogP contribution >= 0.6 is 0 Å². The Morgan fingerprint density at radius 2 is 1.55 bits per heavy atom. The average Bonchev–Trinajstić information content (AvgIpc) is 4.00. The van der Waals surface area contributed by atoms with Crippen LogP contribution in [0.15, 0.2) is 60.8 Å². The van der Waals surface area contributed by atoms with Gasteiger partial charge >= 0.3 is 12.2 Å². The second-order valence-electron chi connectivity index (χ2n) is 14.2. The SMILES string of the molecule is CCC(NC(=O)OC)C(=O)N1CCCC1c1ncc(-c2ccc3nc(-c4ccc(NC(=O)C5CCCN5C(=O)C(NC(=O)OC)C(C)C)cc4)ccc3c2)[nH]1. The molecule has 2 aliphatic heterocycles. The minimum atomic E-state index is -0.801. The first-order valence-corrected chi connectivity index (χ1v) is 18.7. The van der Waals surface area contributed by atoms with Crippen molar-refractivity contribution < 1.29 is 33.4 Å². The third kappa shape index (κ3) is 8.55. The molecule has 6 rings (SSSR count). The van der Waals surface area contributed by atoms with Gasteiger partial charge in [-0.05, 0) is 68.4 Å². The predicted octanol–water partition coefficient (Wildman–Crippen LogP) is 5.40. The highest BCUT2D eigenvalue weighted by Crippen LogP contribution is 2.33. The summed E-state index contributed by atoms with van der Waals surface area (Å²) in [7, 11) is 2.52. The molecular weight excluding hydrogens is 704 g/mol. The second-order valence-corrected chi connectivity index (χ2v) is 14.2. The Morgan fingerprint density at radius 3 is 2.25 bits per heavy atom. The molecule has 2 aromatic heterocycles. The summed E-state index contributed by atoms with van der Waals surface area (Å²) in [6.07, 6.45) is 3.71. The molecule has 4 N–H and O–H groups in total. The fourth-order valence-electron chi connectivity index (χ4n) is 7.29. The molecule has 0 radical (unpaired) electrons. The molecule has 15 heteroatoms. The number of pyridine rings is 1. The van der Waals surface area contributed by atoms with Crippen LogP contribution in [0.25, 0.3) is 33.4 Å². The van der Waals surface area contributed by atoms with E-state index >= 15 is 0 Å². The van der Waals surface area contributed by atoms with Crippen LogP contribution in [0, 0.1) is 5.92 Å². The Bertz CT molecular complexity index is 2050. The van der Waals surface area contributed by atoms with Gasteiger partial charge in [0.15, 0.2) is 0 Å². The largest absolute Gasteiger partial charge is 0.453 e. The molecule has 4 aromatic rings. The summed E-state index contributed by atoms with van der Waals surface area (Å²) in [4.78, 5) is 80.0. The molecule has 0 saturated carbocycles. The highest BCUT2D eigenvalue weighted by atomic mass is 16.5. The Morgan fingerprint density at radius 1 is 0.855 bits per heavy atom. The fourth-order valence-corrected chi connectivity index (χ4v) is 7.29. The number of carbonyl (C=O) groups excluding carboxylic acids is 5. The third-order valence-corrected chi connectivity index (χ3v) is 10.3. The van der Waals surface area contributed by atoms with Crippen molar-refractivity contribution in [3.8, 4) is 22.5 Å². The van der Waals surface area contributed by atoms with E-state index in [1.165, 1.54) is 14.2 Å². The summed E-state index contributed by atoms with van der Waals surface area (Å²) in [6.45, 7) is 6.52. The Hall–Kier alpha value is -5.99. The number of benzene rings is 2. The topological polar surface area (TPSA) is 188 Å². The lowest BCUT2D eigenvalue weighted by Gasteiger charge is -2.30. The van der Waals surface area contributed by atoms with Crippen molar-refractivity contribution in [2.45, 2.75) is 77.0 Å². The van der Waals surface area contributed by atoms with Crippen LogP contribution in [0.3, 0.4) is 0 Å². The first kappa shape index (κ1) is 38.7. The number of likely N-dealkylation sites (tertiary alicyclic amines) is 2. The Labute approximate surface area is 319 Å². The summed E-state index contributed by atoms with van der Waals surface area (Å²) in [5.74, 6) is -0.235. The zero-order valence-corrected chi connectivity index (χ0v) is 31.8. The summed E-state index contributed by atoms with van der Waals surface area (Å²) in [5, 5.41) is 9.13. The van der Waals surface area contributed by atoms with E-state index in [9.17, 15) is 24.0 Å². The number of aromatic nitrogens is 3. The molecule has 15 nitrogen and oxygen atoms in total. The van der Waals surface area contributed by atoms with Crippen LogP contribution in [0.1, 0.15) is 64.7 Å². The number of carbonyl (C=O) groups is 5.